The predicted molar refractivity (Wildman–Crippen MR) is 128 cm³/mol. The number of amides is 4. The van der Waals surface area contributed by atoms with Crippen LogP contribution in [0, 0.1) is 0 Å². The molecule has 1 rings (SSSR count). The van der Waals surface area contributed by atoms with E-state index in [0.717, 1.165) is 6.08 Å². The second-order valence-electron chi connectivity index (χ2n) is 7.89. The minimum atomic E-state index is -3.95. The van der Waals surface area contributed by atoms with Gasteiger partial charge in [0.15, 0.2) is 0 Å². The summed E-state index contributed by atoms with van der Waals surface area (Å²) in [7, 11) is 0. The van der Waals surface area contributed by atoms with Crippen LogP contribution in [0.5, 0.6) is 0 Å². The van der Waals surface area contributed by atoms with Crippen molar-refractivity contribution >= 4 is 23.6 Å². The minimum absolute atomic E-state index is 0.0285. The van der Waals surface area contributed by atoms with Gasteiger partial charge in [0.2, 0.25) is 17.7 Å². The lowest BCUT2D eigenvalue weighted by Gasteiger charge is -2.31. The van der Waals surface area contributed by atoms with Crippen molar-refractivity contribution in [2.45, 2.75) is 44.8 Å². The fourth-order valence-electron chi connectivity index (χ4n) is 3.03. The monoisotopic (exact) mass is 491 g/mol. The number of piperidine rings is 1. The molecule has 10 heteroatoms. The van der Waals surface area contributed by atoms with Crippen LogP contribution in [0.1, 0.15) is 26.7 Å². The summed E-state index contributed by atoms with van der Waals surface area (Å²) < 4.78 is 34.5. The third-order valence-electron chi connectivity index (χ3n) is 4.77. The summed E-state index contributed by atoms with van der Waals surface area (Å²) >= 11 is 0. The molecule has 0 bridgehead atoms. The average Bonchev–Trinajstić information content (AvgIpc) is 2.79. The van der Waals surface area contributed by atoms with E-state index in [0.29, 0.717) is 0 Å². The van der Waals surface area contributed by atoms with Crippen molar-refractivity contribution < 1.29 is 32.7 Å². The second kappa shape index (κ2) is 13.2. The van der Waals surface area contributed by atoms with E-state index in [2.05, 4.69) is 36.9 Å². The Balaban J connectivity index is 2.76. The first-order chi connectivity index (χ1) is 16.3. The molecule has 1 aliphatic rings. The maximum absolute atomic E-state index is 14.6. The highest BCUT2D eigenvalue weighted by Gasteiger charge is 2.44. The van der Waals surface area contributed by atoms with Gasteiger partial charge in [-0.05, 0) is 38.0 Å². The van der Waals surface area contributed by atoms with Crippen molar-refractivity contribution in [1.29, 1.82) is 0 Å². The van der Waals surface area contributed by atoms with E-state index >= 15 is 0 Å². The molecule has 0 aromatic rings. The van der Waals surface area contributed by atoms with Crippen molar-refractivity contribution in [3.63, 3.8) is 0 Å². The van der Waals surface area contributed by atoms with E-state index in [9.17, 15) is 28.0 Å². The molecular formula is C25H31F2N3O5. The topological polar surface area (TPSA) is 105 Å². The summed E-state index contributed by atoms with van der Waals surface area (Å²) in [5.74, 6) is -7.33. The highest BCUT2D eigenvalue weighted by molar-refractivity contribution is 6.02. The predicted octanol–water partition coefficient (Wildman–Crippen LogP) is 2.72. The van der Waals surface area contributed by atoms with Gasteiger partial charge >= 0.3 is 5.92 Å². The van der Waals surface area contributed by atoms with Crippen molar-refractivity contribution in [1.82, 2.24) is 15.5 Å². The number of nitrogens with one attached hydrogen (secondary N) is 2. The van der Waals surface area contributed by atoms with Crippen LogP contribution < -0.4 is 10.6 Å². The molecule has 1 heterocycles. The van der Waals surface area contributed by atoms with Crippen molar-refractivity contribution in [3.8, 4) is 0 Å². The Labute approximate surface area is 203 Å². The molecule has 0 aliphatic carbocycles. The number of hydrogen-bond donors (Lipinski definition) is 2. The van der Waals surface area contributed by atoms with Crippen LogP contribution >= 0.6 is 0 Å². The number of ether oxygens (including phenoxy) is 1. The van der Waals surface area contributed by atoms with Crippen LogP contribution in [0.4, 0.5) is 8.78 Å². The summed E-state index contributed by atoms with van der Waals surface area (Å²) in [4.78, 5) is 49.0. The number of allylic oxidation sites excluding steroid dienone is 3. The number of alkyl halides is 2. The molecule has 1 saturated heterocycles. The molecule has 8 nitrogen and oxygen atoms in total. The molecule has 2 N–H and O–H groups in total. The molecule has 1 unspecified atom stereocenters. The van der Waals surface area contributed by atoms with Crippen LogP contribution in [0.25, 0.3) is 0 Å². The lowest BCUT2D eigenvalue weighted by atomic mass is 10.0. The first-order valence-electron chi connectivity index (χ1n) is 10.8. The number of nitrogens with zero attached hydrogens (tertiary/aromatic N) is 1. The molecule has 4 amide bonds. The molecule has 0 spiro atoms. The summed E-state index contributed by atoms with van der Waals surface area (Å²) in [6.07, 6.45) is 6.23. The number of hydrogen-bond acceptors (Lipinski definition) is 5. The maximum atomic E-state index is 14.6. The Kier molecular flexibility index (Phi) is 11.0. The third kappa shape index (κ3) is 8.47. The van der Waals surface area contributed by atoms with Gasteiger partial charge in [0.05, 0.1) is 11.7 Å². The number of imide groups is 1. The van der Waals surface area contributed by atoms with Crippen molar-refractivity contribution in [3.05, 3.63) is 73.6 Å². The van der Waals surface area contributed by atoms with Crippen molar-refractivity contribution in [2.75, 3.05) is 13.1 Å². The van der Waals surface area contributed by atoms with Crippen LogP contribution in [-0.4, -0.2) is 59.7 Å². The van der Waals surface area contributed by atoms with E-state index in [1.807, 2.05) is 0 Å². The molecule has 1 fully saturated rings. The van der Waals surface area contributed by atoms with Crippen molar-refractivity contribution in [2.24, 2.45) is 0 Å². The van der Waals surface area contributed by atoms with E-state index < -0.39 is 47.3 Å². The zero-order valence-corrected chi connectivity index (χ0v) is 19.9. The molecular weight excluding hydrogens is 460 g/mol. The number of carbonyl (C=O) groups is 4. The number of carbonyl (C=O) groups excluding carboxylic acids is 4. The highest BCUT2D eigenvalue weighted by atomic mass is 19.3. The average molecular weight is 492 g/mol. The van der Waals surface area contributed by atoms with Gasteiger partial charge in [0.1, 0.15) is 11.8 Å². The largest absolute Gasteiger partial charge is 0.491 e. The second-order valence-corrected chi connectivity index (χ2v) is 7.89. The Morgan fingerprint density at radius 3 is 2.49 bits per heavy atom. The van der Waals surface area contributed by atoms with Gasteiger partial charge in [-0.15, -0.1) is 0 Å². The van der Waals surface area contributed by atoms with Gasteiger partial charge in [-0.3, -0.25) is 24.5 Å². The highest BCUT2D eigenvalue weighted by Crippen LogP contribution is 2.30. The van der Waals surface area contributed by atoms with Gasteiger partial charge in [0, 0.05) is 19.5 Å². The molecule has 0 radical (unpaired) electrons. The zero-order valence-electron chi connectivity index (χ0n) is 19.9. The standard InChI is InChI=1S/C25H31F2N3O5/c1-7-10-20(35-16(3)4)18(6)25(26,27)24(34)28-15-17(5)11-9-14-30(22(32)8-2)19-12-13-21(31)29-23(19)33/h7-11,16,19H,1-2,5-6,12-15H2,3-4H3,(H,28,34)(H,29,31,33)/b11-9+,20-10+. The molecule has 190 valence electrons. The SMILES string of the molecule is C=C/C=C(/OC(C)C)C(=C)C(F)(F)C(=O)NCC(=C)/C=C/CN(C(=O)C=C)C1CCC(=O)NC1=O. The smallest absolute Gasteiger partial charge is 0.352 e. The van der Waals surface area contributed by atoms with E-state index in [1.165, 1.54) is 29.2 Å². The fraction of sp³-hybridized carbons (Fsp3) is 0.360. The molecule has 1 aliphatic heterocycles. The first-order valence-corrected chi connectivity index (χ1v) is 10.8. The number of rotatable bonds is 13. The Hall–Kier alpha value is -3.82. The van der Waals surface area contributed by atoms with E-state index in [4.69, 9.17) is 4.74 Å². The van der Waals surface area contributed by atoms with Crippen LogP contribution in [-0.2, 0) is 23.9 Å². The number of halogens is 2. The van der Waals surface area contributed by atoms with Gasteiger partial charge in [-0.2, -0.15) is 8.78 Å². The lowest BCUT2D eigenvalue weighted by molar-refractivity contribution is -0.143. The zero-order chi connectivity index (χ0) is 26.8. The molecule has 0 aromatic heterocycles. The summed E-state index contributed by atoms with van der Waals surface area (Å²) in [5.41, 5.74) is -0.554. The molecule has 35 heavy (non-hydrogen) atoms. The Morgan fingerprint density at radius 1 is 1.29 bits per heavy atom. The van der Waals surface area contributed by atoms with Crippen LogP contribution in [0.15, 0.2) is 73.6 Å². The molecule has 1 atom stereocenters. The van der Waals surface area contributed by atoms with Gasteiger partial charge in [-0.25, -0.2) is 0 Å². The summed E-state index contributed by atoms with van der Waals surface area (Å²) in [6, 6.07) is -0.855. The Bertz CT molecular complexity index is 966. The van der Waals surface area contributed by atoms with Crippen LogP contribution in [0.2, 0.25) is 0 Å². The lowest BCUT2D eigenvalue weighted by Crippen LogP contribution is -2.54. The molecule has 0 saturated carbocycles. The maximum Gasteiger partial charge on any atom is 0.352 e. The normalized spacial score (nSPS) is 16.5. The summed E-state index contributed by atoms with van der Waals surface area (Å²) in [6.45, 7) is 16.8. The third-order valence-corrected chi connectivity index (χ3v) is 4.77. The summed E-state index contributed by atoms with van der Waals surface area (Å²) in [5, 5.41) is 4.27. The minimum Gasteiger partial charge on any atom is -0.491 e. The van der Waals surface area contributed by atoms with E-state index in [1.54, 1.807) is 13.8 Å². The quantitative estimate of drug-likeness (QED) is 0.178. The van der Waals surface area contributed by atoms with Gasteiger partial charge < -0.3 is 15.0 Å². The first kappa shape index (κ1) is 29.2. The Morgan fingerprint density at radius 2 is 1.94 bits per heavy atom. The molecule has 0 aromatic carbocycles. The van der Waals surface area contributed by atoms with Crippen LogP contribution in [0.3, 0.4) is 0 Å². The van der Waals surface area contributed by atoms with E-state index in [-0.39, 0.29) is 37.3 Å². The van der Waals surface area contributed by atoms with Gasteiger partial charge in [0.25, 0.3) is 5.91 Å². The fourth-order valence-corrected chi connectivity index (χ4v) is 3.03. The van der Waals surface area contributed by atoms with Gasteiger partial charge in [-0.1, -0.05) is 44.5 Å².